The summed E-state index contributed by atoms with van der Waals surface area (Å²) >= 11 is 4.87. The molecule has 0 aliphatic rings. The molecule has 1 amide bonds. The Hall–Kier alpha value is -0.820. The molecule has 128 valence electrons. The maximum Gasteiger partial charge on any atom is 0.267 e. The average Bonchev–Trinajstić information content (AvgIpc) is 2.77. The third-order valence-electron chi connectivity index (χ3n) is 3.11. The third kappa shape index (κ3) is 5.35. The summed E-state index contributed by atoms with van der Waals surface area (Å²) in [5.41, 5.74) is 8.92. The molecule has 0 bridgehead atoms. The summed E-state index contributed by atoms with van der Waals surface area (Å²) in [7, 11) is 0. The molecule has 0 saturated carbocycles. The topological polar surface area (TPSA) is 68.0 Å². The van der Waals surface area contributed by atoms with E-state index in [0.717, 1.165) is 33.6 Å². The Balaban J connectivity index is 0.00000242. The van der Waals surface area contributed by atoms with Gasteiger partial charge in [-0.3, -0.25) is 4.79 Å². The molecule has 4 nitrogen and oxygen atoms in total. The second kappa shape index (κ2) is 9.47. The van der Waals surface area contributed by atoms with Gasteiger partial charge in [0.05, 0.1) is 22.1 Å². The smallest absolute Gasteiger partial charge is 0.267 e. The minimum absolute atomic E-state index is 0. The Labute approximate surface area is 161 Å². The maximum atomic E-state index is 12.4. The van der Waals surface area contributed by atoms with Crippen LogP contribution >= 0.6 is 52.1 Å². The Morgan fingerprint density at radius 2 is 2.00 bits per heavy atom. The van der Waals surface area contributed by atoms with Gasteiger partial charge in [-0.05, 0) is 44.4 Å². The molecule has 1 heterocycles. The minimum atomic E-state index is -0.156. The highest BCUT2D eigenvalue weighted by Gasteiger charge is 2.16. The van der Waals surface area contributed by atoms with E-state index in [-0.39, 0.29) is 30.7 Å². The van der Waals surface area contributed by atoms with Crippen LogP contribution in [-0.4, -0.2) is 10.9 Å². The summed E-state index contributed by atoms with van der Waals surface area (Å²) in [5.74, 6) is -0.156. The summed E-state index contributed by atoms with van der Waals surface area (Å²) in [5, 5.41) is 3.88. The first-order valence-corrected chi connectivity index (χ1v) is 8.36. The number of rotatable bonds is 4. The molecule has 1 aromatic carbocycles. The second-order valence-corrected chi connectivity index (χ2v) is 6.91. The number of aryl methyl sites for hydroxylation is 3. The van der Waals surface area contributed by atoms with Crippen molar-refractivity contribution in [3.8, 4) is 0 Å². The van der Waals surface area contributed by atoms with Gasteiger partial charge in [0, 0.05) is 4.47 Å². The van der Waals surface area contributed by atoms with Crippen LogP contribution in [0.4, 0.5) is 11.4 Å². The van der Waals surface area contributed by atoms with E-state index >= 15 is 0 Å². The summed E-state index contributed by atoms with van der Waals surface area (Å²) in [6, 6.07) is 3.73. The molecule has 0 aliphatic heterocycles. The summed E-state index contributed by atoms with van der Waals surface area (Å²) in [4.78, 5) is 17.5. The van der Waals surface area contributed by atoms with Crippen molar-refractivity contribution in [3.63, 3.8) is 0 Å². The van der Waals surface area contributed by atoms with Crippen molar-refractivity contribution >= 4 is 69.4 Å². The number of carbonyl (C=O) groups excluding carboxylic acids is 1. The van der Waals surface area contributed by atoms with Crippen LogP contribution < -0.4 is 11.1 Å². The van der Waals surface area contributed by atoms with E-state index in [0.29, 0.717) is 16.3 Å². The molecule has 2 rings (SSSR count). The van der Waals surface area contributed by atoms with Gasteiger partial charge in [-0.15, -0.1) is 36.2 Å². The number of hydrogen-bond acceptors (Lipinski definition) is 4. The first-order valence-electron chi connectivity index (χ1n) is 6.75. The fourth-order valence-electron chi connectivity index (χ4n) is 2.02. The van der Waals surface area contributed by atoms with E-state index in [4.69, 9.17) is 5.73 Å². The molecule has 3 N–H and O–H groups in total. The monoisotopic (exact) mass is 439 g/mol. The number of halogens is 3. The van der Waals surface area contributed by atoms with Crippen molar-refractivity contribution in [2.45, 2.75) is 33.6 Å². The number of nitrogens with one attached hydrogen (secondary N) is 1. The SMILES string of the molecule is CCCc1nc(C)c(C(=O)Nc2cc(Br)cc(C)c2N)s1.Cl.Cl. The van der Waals surface area contributed by atoms with Gasteiger partial charge in [0.2, 0.25) is 0 Å². The second-order valence-electron chi connectivity index (χ2n) is 4.91. The van der Waals surface area contributed by atoms with Crippen LogP contribution in [-0.2, 0) is 6.42 Å². The summed E-state index contributed by atoms with van der Waals surface area (Å²) in [6.07, 6.45) is 1.92. The molecule has 0 aliphatic carbocycles. The van der Waals surface area contributed by atoms with Crippen molar-refractivity contribution < 1.29 is 4.79 Å². The molecule has 2 aromatic rings. The van der Waals surface area contributed by atoms with Crippen LogP contribution in [0.2, 0.25) is 0 Å². The van der Waals surface area contributed by atoms with Crippen molar-refractivity contribution in [3.05, 3.63) is 37.7 Å². The Bertz CT molecular complexity index is 692. The van der Waals surface area contributed by atoms with E-state index in [1.807, 2.05) is 26.0 Å². The lowest BCUT2D eigenvalue weighted by Gasteiger charge is -2.10. The van der Waals surface area contributed by atoms with Gasteiger partial charge in [0.15, 0.2) is 0 Å². The first-order chi connectivity index (χ1) is 9.92. The summed E-state index contributed by atoms with van der Waals surface area (Å²) < 4.78 is 0.886. The van der Waals surface area contributed by atoms with Crippen molar-refractivity contribution in [2.75, 3.05) is 11.1 Å². The molecule has 0 unspecified atom stereocenters. The molecular weight excluding hydrogens is 421 g/mol. The van der Waals surface area contributed by atoms with Crippen LogP contribution in [0.25, 0.3) is 0 Å². The molecule has 0 spiro atoms. The quantitative estimate of drug-likeness (QED) is 0.645. The van der Waals surface area contributed by atoms with E-state index < -0.39 is 0 Å². The molecule has 0 radical (unpaired) electrons. The normalized spacial score (nSPS) is 9.74. The number of hydrogen-bond donors (Lipinski definition) is 2. The van der Waals surface area contributed by atoms with Crippen LogP contribution in [0.5, 0.6) is 0 Å². The van der Waals surface area contributed by atoms with Gasteiger partial charge in [-0.1, -0.05) is 22.9 Å². The minimum Gasteiger partial charge on any atom is -0.397 e. The fourth-order valence-corrected chi connectivity index (χ4v) is 3.65. The number of amides is 1. The van der Waals surface area contributed by atoms with Crippen molar-refractivity contribution in [1.82, 2.24) is 4.98 Å². The molecular formula is C15H20BrCl2N3OS. The molecule has 0 fully saturated rings. The van der Waals surface area contributed by atoms with Gasteiger partial charge >= 0.3 is 0 Å². The number of benzene rings is 1. The van der Waals surface area contributed by atoms with Gasteiger partial charge in [0.25, 0.3) is 5.91 Å². The Morgan fingerprint density at radius 3 is 2.61 bits per heavy atom. The number of nitrogens with zero attached hydrogens (tertiary/aromatic N) is 1. The summed E-state index contributed by atoms with van der Waals surface area (Å²) in [6.45, 7) is 5.87. The van der Waals surface area contributed by atoms with Gasteiger partial charge in [0.1, 0.15) is 4.88 Å². The average molecular weight is 441 g/mol. The Kier molecular flexibility index (Phi) is 9.13. The van der Waals surface area contributed by atoms with E-state index in [9.17, 15) is 4.79 Å². The van der Waals surface area contributed by atoms with E-state index in [1.54, 1.807) is 0 Å². The van der Waals surface area contributed by atoms with Crippen molar-refractivity contribution in [1.29, 1.82) is 0 Å². The van der Waals surface area contributed by atoms with Gasteiger partial charge < -0.3 is 11.1 Å². The largest absolute Gasteiger partial charge is 0.397 e. The molecule has 0 saturated heterocycles. The third-order valence-corrected chi connectivity index (χ3v) is 4.78. The van der Waals surface area contributed by atoms with Gasteiger partial charge in [-0.25, -0.2) is 4.98 Å². The number of nitrogen functional groups attached to an aromatic ring is 1. The number of carbonyl (C=O) groups is 1. The number of anilines is 2. The highest BCUT2D eigenvalue weighted by molar-refractivity contribution is 9.10. The zero-order chi connectivity index (χ0) is 15.6. The number of aromatic nitrogens is 1. The number of thiazole rings is 1. The fraction of sp³-hybridized carbons (Fsp3) is 0.333. The zero-order valence-corrected chi connectivity index (χ0v) is 17.1. The highest BCUT2D eigenvalue weighted by Crippen LogP contribution is 2.29. The van der Waals surface area contributed by atoms with E-state index in [1.165, 1.54) is 11.3 Å². The van der Waals surface area contributed by atoms with Crippen LogP contribution in [0.3, 0.4) is 0 Å². The first kappa shape index (κ1) is 22.2. The molecule has 8 heteroatoms. The zero-order valence-electron chi connectivity index (χ0n) is 13.1. The standard InChI is InChI=1S/C15H18BrN3OS.2ClH/c1-4-5-12-18-9(3)14(21-12)15(20)19-11-7-10(16)6-8(2)13(11)17;;/h6-7H,4-5,17H2,1-3H3,(H,19,20);2*1H. The number of nitrogens with two attached hydrogens (primary N) is 1. The molecule has 1 aromatic heterocycles. The predicted molar refractivity (Wildman–Crippen MR) is 107 cm³/mol. The molecule has 0 atom stereocenters. The highest BCUT2D eigenvalue weighted by atomic mass is 79.9. The Morgan fingerprint density at radius 1 is 1.35 bits per heavy atom. The predicted octanol–water partition coefficient (Wildman–Crippen LogP) is 5.15. The lowest BCUT2D eigenvalue weighted by molar-refractivity contribution is 0.103. The van der Waals surface area contributed by atoms with Crippen LogP contribution in [0, 0.1) is 13.8 Å². The van der Waals surface area contributed by atoms with Crippen LogP contribution in [0.15, 0.2) is 16.6 Å². The van der Waals surface area contributed by atoms with Crippen LogP contribution in [0.1, 0.15) is 39.3 Å². The molecule has 23 heavy (non-hydrogen) atoms. The lowest BCUT2D eigenvalue weighted by Crippen LogP contribution is -2.13. The van der Waals surface area contributed by atoms with Gasteiger partial charge in [-0.2, -0.15) is 0 Å². The van der Waals surface area contributed by atoms with Crippen molar-refractivity contribution in [2.24, 2.45) is 0 Å². The lowest BCUT2D eigenvalue weighted by atomic mass is 10.1. The van der Waals surface area contributed by atoms with E-state index in [2.05, 4.69) is 33.2 Å². The maximum absolute atomic E-state index is 12.4.